The summed E-state index contributed by atoms with van der Waals surface area (Å²) >= 11 is 7.59. The molecule has 3 aromatic rings. The van der Waals surface area contributed by atoms with Gasteiger partial charge in [0.15, 0.2) is 0 Å². The molecule has 0 bridgehead atoms. The molecular formula is C20H21ClNP. The van der Waals surface area contributed by atoms with Gasteiger partial charge in [-0.1, -0.05) is 0 Å². The summed E-state index contributed by atoms with van der Waals surface area (Å²) in [5, 5.41) is 2.33. The summed E-state index contributed by atoms with van der Waals surface area (Å²) in [4.78, 5) is 0. The summed E-state index contributed by atoms with van der Waals surface area (Å²) in [6.45, 7) is 2.20. The Labute approximate surface area is 143 Å². The molecule has 0 spiro atoms. The van der Waals surface area contributed by atoms with E-state index in [1.807, 2.05) is 18.2 Å². The first-order valence-electron chi connectivity index (χ1n) is 7.67. The molecule has 3 aromatic carbocycles. The molecule has 0 unspecified atom stereocenters. The van der Waals surface area contributed by atoms with Crippen LogP contribution < -0.4 is 15.3 Å². The van der Waals surface area contributed by atoms with Crippen molar-refractivity contribution in [3.63, 3.8) is 0 Å². The number of hydrogen-bond acceptors (Lipinski definition) is 1. The van der Waals surface area contributed by atoms with E-state index in [0.29, 0.717) is 0 Å². The fourth-order valence-corrected chi connectivity index (χ4v) is 7.31. The van der Waals surface area contributed by atoms with E-state index < -0.39 is 6.11 Å². The van der Waals surface area contributed by atoms with Crippen LogP contribution in [0.2, 0.25) is 0 Å². The molecule has 0 atom stereocenters. The Balaban J connectivity index is 2.27. The predicted octanol–water partition coefficient (Wildman–Crippen LogP) is 5.03. The summed E-state index contributed by atoms with van der Waals surface area (Å²) in [5.74, 6) is 0. The van der Waals surface area contributed by atoms with Crippen molar-refractivity contribution in [1.29, 1.82) is 0 Å². The Morgan fingerprint density at radius 2 is 1.00 bits per heavy atom. The van der Waals surface area contributed by atoms with Crippen LogP contribution in [-0.2, 0) is 0 Å². The number of nitrogens with zero attached hydrogens (tertiary/aromatic N) is 1. The van der Waals surface area contributed by atoms with Crippen LogP contribution >= 0.6 is 17.3 Å². The van der Waals surface area contributed by atoms with Crippen molar-refractivity contribution in [1.82, 2.24) is 0 Å². The molecule has 1 nitrogen and oxygen atoms in total. The Bertz CT molecular complexity index is 729. The zero-order chi connectivity index (χ0) is 16.4. The van der Waals surface area contributed by atoms with Crippen molar-refractivity contribution in [2.75, 3.05) is 18.4 Å². The molecular weight excluding hydrogens is 321 g/mol. The first-order chi connectivity index (χ1) is 11.0. The number of halogens is 1. The summed E-state index contributed by atoms with van der Waals surface area (Å²) in [6, 6.07) is 31.2. The molecule has 0 aliphatic heterocycles. The first-order valence-corrected chi connectivity index (χ1v) is 11.2. The average molecular weight is 342 g/mol. The zero-order valence-corrected chi connectivity index (χ0v) is 15.1. The van der Waals surface area contributed by atoms with Gasteiger partial charge in [0.05, 0.1) is 0 Å². The molecule has 0 aromatic heterocycles. The Hall–Kier alpha value is -1.82. The molecule has 0 aliphatic carbocycles. The standard InChI is InChI=1S/C20H21ClNP/c1-22(18-12-6-3-7-13-18)23(2,21,19-14-8-4-9-15-19)20-16-10-5-11-17-20/h3-17H,1-2H3. The molecule has 0 aliphatic rings. The molecule has 0 radical (unpaired) electrons. The molecule has 3 heteroatoms. The monoisotopic (exact) mass is 341 g/mol. The molecule has 0 amide bonds. The molecule has 3 rings (SSSR count). The van der Waals surface area contributed by atoms with Crippen molar-refractivity contribution in [2.45, 2.75) is 0 Å². The van der Waals surface area contributed by atoms with Crippen molar-refractivity contribution in [2.24, 2.45) is 0 Å². The summed E-state index contributed by atoms with van der Waals surface area (Å²) in [5.41, 5.74) is 1.12. The Morgan fingerprint density at radius 3 is 1.39 bits per heavy atom. The fourth-order valence-electron chi connectivity index (χ4n) is 2.96. The van der Waals surface area contributed by atoms with Gasteiger partial charge in [-0.15, -0.1) is 0 Å². The van der Waals surface area contributed by atoms with Gasteiger partial charge in [-0.3, -0.25) is 0 Å². The van der Waals surface area contributed by atoms with E-state index in [-0.39, 0.29) is 0 Å². The van der Waals surface area contributed by atoms with Gasteiger partial charge in [-0.2, -0.15) is 0 Å². The quantitative estimate of drug-likeness (QED) is 0.602. The number of rotatable bonds is 4. The third-order valence-corrected chi connectivity index (χ3v) is 11.1. The maximum atomic E-state index is 7.59. The van der Waals surface area contributed by atoms with Gasteiger partial charge in [-0.05, 0) is 0 Å². The van der Waals surface area contributed by atoms with Gasteiger partial charge in [0.25, 0.3) is 0 Å². The first kappa shape index (κ1) is 16.1. The van der Waals surface area contributed by atoms with E-state index in [1.54, 1.807) is 0 Å². The second-order valence-corrected chi connectivity index (χ2v) is 12.8. The zero-order valence-electron chi connectivity index (χ0n) is 13.4. The van der Waals surface area contributed by atoms with Crippen LogP contribution in [0.3, 0.4) is 0 Å². The van der Waals surface area contributed by atoms with Crippen LogP contribution in [0.4, 0.5) is 5.69 Å². The van der Waals surface area contributed by atoms with Crippen molar-refractivity contribution in [3.8, 4) is 0 Å². The second kappa shape index (κ2) is 6.00. The average Bonchev–Trinajstić information content (AvgIpc) is 2.63. The number of para-hydroxylation sites is 1. The Kier molecular flexibility index (Phi) is 4.19. The number of benzene rings is 3. The van der Waals surface area contributed by atoms with E-state index in [4.69, 9.17) is 11.2 Å². The van der Waals surface area contributed by atoms with Gasteiger partial charge in [0.1, 0.15) is 0 Å². The second-order valence-electron chi connectivity index (χ2n) is 5.90. The van der Waals surface area contributed by atoms with Crippen molar-refractivity contribution >= 4 is 33.6 Å². The minimum atomic E-state index is -3.04. The van der Waals surface area contributed by atoms with Crippen molar-refractivity contribution in [3.05, 3.63) is 91.0 Å². The third kappa shape index (κ3) is 2.65. The summed E-state index contributed by atoms with van der Waals surface area (Å²) in [6.07, 6.45) is -3.04. The van der Waals surface area contributed by atoms with Crippen LogP contribution in [-0.4, -0.2) is 13.7 Å². The Morgan fingerprint density at radius 1 is 0.652 bits per heavy atom. The number of anilines is 1. The van der Waals surface area contributed by atoms with Gasteiger partial charge < -0.3 is 0 Å². The summed E-state index contributed by atoms with van der Waals surface area (Å²) in [7, 11) is 2.10. The maximum absolute atomic E-state index is 7.59. The van der Waals surface area contributed by atoms with Gasteiger partial charge in [-0.25, -0.2) is 0 Å². The minimum absolute atomic E-state index is 1.12. The van der Waals surface area contributed by atoms with Crippen LogP contribution in [0.1, 0.15) is 0 Å². The van der Waals surface area contributed by atoms with Crippen LogP contribution in [0.5, 0.6) is 0 Å². The molecule has 0 saturated carbocycles. The normalized spacial score (nSPS) is 13.1. The van der Waals surface area contributed by atoms with Crippen molar-refractivity contribution < 1.29 is 0 Å². The molecule has 0 N–H and O–H groups in total. The van der Waals surface area contributed by atoms with E-state index in [0.717, 1.165) is 16.3 Å². The van der Waals surface area contributed by atoms with E-state index in [9.17, 15) is 0 Å². The predicted molar refractivity (Wildman–Crippen MR) is 106 cm³/mol. The van der Waals surface area contributed by atoms with Crippen LogP contribution in [0.25, 0.3) is 0 Å². The van der Waals surface area contributed by atoms with Crippen LogP contribution in [0.15, 0.2) is 91.0 Å². The molecule has 23 heavy (non-hydrogen) atoms. The SMILES string of the molecule is CN(c1ccccc1)P(C)(Cl)(c1ccccc1)c1ccccc1. The molecule has 0 heterocycles. The third-order valence-electron chi connectivity index (χ3n) is 4.56. The van der Waals surface area contributed by atoms with E-state index in [1.165, 1.54) is 0 Å². The fraction of sp³-hybridized carbons (Fsp3) is 0.100. The molecule has 0 fully saturated rings. The van der Waals surface area contributed by atoms with Crippen LogP contribution in [0, 0.1) is 0 Å². The topological polar surface area (TPSA) is 3.24 Å². The van der Waals surface area contributed by atoms with Gasteiger partial charge in [0.2, 0.25) is 0 Å². The van der Waals surface area contributed by atoms with Gasteiger partial charge >= 0.3 is 143 Å². The van der Waals surface area contributed by atoms with Gasteiger partial charge in [0, 0.05) is 0 Å². The molecule has 0 saturated heterocycles. The van der Waals surface area contributed by atoms with E-state index >= 15 is 0 Å². The number of hydrogen-bond donors (Lipinski definition) is 0. The van der Waals surface area contributed by atoms with E-state index in [2.05, 4.69) is 91.2 Å². The summed E-state index contributed by atoms with van der Waals surface area (Å²) < 4.78 is 2.26. The molecule has 118 valence electrons.